The van der Waals surface area contributed by atoms with Crippen molar-refractivity contribution in [1.29, 1.82) is 0 Å². The molecule has 0 spiro atoms. The largest absolute Gasteiger partial charge is 0.322 e. The molecule has 0 saturated heterocycles. The van der Waals surface area contributed by atoms with Crippen LogP contribution in [0.2, 0.25) is 10.0 Å². The van der Waals surface area contributed by atoms with Gasteiger partial charge in [0.1, 0.15) is 5.82 Å². The van der Waals surface area contributed by atoms with E-state index in [0.29, 0.717) is 15.2 Å². The summed E-state index contributed by atoms with van der Waals surface area (Å²) in [6.07, 6.45) is 0. The fourth-order valence-electron chi connectivity index (χ4n) is 1.44. The highest BCUT2D eigenvalue weighted by Crippen LogP contribution is 2.23. The Morgan fingerprint density at radius 3 is 2.58 bits per heavy atom. The van der Waals surface area contributed by atoms with Crippen molar-refractivity contribution in [3.8, 4) is 0 Å². The van der Waals surface area contributed by atoms with Gasteiger partial charge in [0.05, 0.1) is 15.1 Å². The minimum Gasteiger partial charge on any atom is -0.322 e. The van der Waals surface area contributed by atoms with Crippen LogP contribution in [0.5, 0.6) is 0 Å². The normalized spacial score (nSPS) is 10.3. The van der Waals surface area contributed by atoms with Crippen molar-refractivity contribution in [1.82, 2.24) is 0 Å². The van der Waals surface area contributed by atoms with E-state index in [1.54, 1.807) is 12.1 Å². The van der Waals surface area contributed by atoms with E-state index < -0.39 is 11.7 Å². The number of hydrogen-bond acceptors (Lipinski definition) is 1. The molecule has 0 heterocycles. The molecule has 0 aliphatic rings. The number of hydrogen-bond donors (Lipinski definition) is 1. The van der Waals surface area contributed by atoms with Crippen molar-refractivity contribution in [2.75, 3.05) is 5.32 Å². The zero-order chi connectivity index (χ0) is 14.0. The van der Waals surface area contributed by atoms with Gasteiger partial charge in [0.25, 0.3) is 5.91 Å². The van der Waals surface area contributed by atoms with Gasteiger partial charge >= 0.3 is 0 Å². The Kier molecular flexibility index (Phi) is 4.45. The van der Waals surface area contributed by atoms with Crippen LogP contribution < -0.4 is 5.32 Å². The minimum atomic E-state index is -0.463. The molecule has 2 nitrogen and oxygen atoms in total. The molecule has 2 rings (SSSR count). The smallest absolute Gasteiger partial charge is 0.257 e. The molecule has 0 aliphatic heterocycles. The average Bonchev–Trinajstić information content (AvgIpc) is 2.36. The number of halogens is 4. The Hall–Kier alpha value is -1.10. The third kappa shape index (κ3) is 3.47. The summed E-state index contributed by atoms with van der Waals surface area (Å²) < 4.78 is 13.7. The second-order valence-electron chi connectivity index (χ2n) is 3.71. The Morgan fingerprint density at radius 2 is 1.89 bits per heavy atom. The maximum atomic E-state index is 13.3. The summed E-state index contributed by atoms with van der Waals surface area (Å²) in [6.45, 7) is 0. The van der Waals surface area contributed by atoms with Gasteiger partial charge in [-0.2, -0.15) is 0 Å². The Balaban J connectivity index is 2.25. The Morgan fingerprint density at radius 1 is 1.16 bits per heavy atom. The van der Waals surface area contributed by atoms with E-state index in [2.05, 4.69) is 21.2 Å². The van der Waals surface area contributed by atoms with Crippen LogP contribution in [0, 0.1) is 5.82 Å². The molecule has 0 fully saturated rings. The van der Waals surface area contributed by atoms with Crippen LogP contribution in [-0.4, -0.2) is 5.91 Å². The van der Waals surface area contributed by atoms with Crippen LogP contribution in [0.3, 0.4) is 0 Å². The van der Waals surface area contributed by atoms with Gasteiger partial charge in [-0.15, -0.1) is 0 Å². The number of amides is 1. The van der Waals surface area contributed by atoms with Gasteiger partial charge in [-0.05, 0) is 52.3 Å². The van der Waals surface area contributed by atoms with Crippen molar-refractivity contribution in [3.63, 3.8) is 0 Å². The van der Waals surface area contributed by atoms with Gasteiger partial charge < -0.3 is 5.32 Å². The summed E-state index contributed by atoms with van der Waals surface area (Å²) in [7, 11) is 0. The van der Waals surface area contributed by atoms with Crippen molar-refractivity contribution in [2.24, 2.45) is 0 Å². The van der Waals surface area contributed by atoms with E-state index in [9.17, 15) is 9.18 Å². The lowest BCUT2D eigenvalue weighted by Crippen LogP contribution is -2.12. The Labute approximate surface area is 127 Å². The maximum Gasteiger partial charge on any atom is 0.257 e. The topological polar surface area (TPSA) is 29.1 Å². The van der Waals surface area contributed by atoms with Crippen molar-refractivity contribution < 1.29 is 9.18 Å². The highest BCUT2D eigenvalue weighted by atomic mass is 79.9. The lowest BCUT2D eigenvalue weighted by atomic mass is 10.2. The molecular weight excluding hydrogens is 356 g/mol. The highest BCUT2D eigenvalue weighted by Gasteiger charge is 2.12. The van der Waals surface area contributed by atoms with E-state index in [1.807, 2.05) is 0 Å². The molecule has 2 aromatic rings. The molecule has 0 saturated carbocycles. The van der Waals surface area contributed by atoms with Crippen LogP contribution in [0.1, 0.15) is 10.4 Å². The summed E-state index contributed by atoms with van der Waals surface area (Å²) in [5.41, 5.74) is 0.569. The lowest BCUT2D eigenvalue weighted by molar-refractivity contribution is 0.102. The zero-order valence-corrected chi connectivity index (χ0v) is 12.5. The predicted molar refractivity (Wildman–Crippen MR) is 78.5 cm³/mol. The number of benzene rings is 2. The van der Waals surface area contributed by atoms with Crippen LogP contribution in [0.25, 0.3) is 0 Å². The van der Waals surface area contributed by atoms with E-state index in [4.69, 9.17) is 23.2 Å². The monoisotopic (exact) mass is 361 g/mol. The van der Waals surface area contributed by atoms with Crippen molar-refractivity contribution >= 4 is 50.7 Å². The third-order valence-electron chi connectivity index (χ3n) is 2.35. The highest BCUT2D eigenvalue weighted by molar-refractivity contribution is 9.10. The first-order valence-electron chi connectivity index (χ1n) is 5.19. The fourth-order valence-corrected chi connectivity index (χ4v) is 2.07. The molecule has 98 valence electrons. The summed E-state index contributed by atoms with van der Waals surface area (Å²) in [6, 6.07) is 8.85. The minimum absolute atomic E-state index is 0.234. The predicted octanol–water partition coefficient (Wildman–Crippen LogP) is 5.15. The zero-order valence-electron chi connectivity index (χ0n) is 9.38. The number of anilines is 1. The Bertz CT molecular complexity index is 649. The molecule has 6 heteroatoms. The van der Waals surface area contributed by atoms with Gasteiger partial charge in [0.2, 0.25) is 0 Å². The second kappa shape index (κ2) is 5.90. The van der Waals surface area contributed by atoms with Crippen molar-refractivity contribution in [3.05, 3.63) is 62.3 Å². The van der Waals surface area contributed by atoms with E-state index >= 15 is 0 Å². The molecule has 0 aliphatic carbocycles. The first-order valence-corrected chi connectivity index (χ1v) is 6.74. The molecular formula is C13H7BrCl2FNO. The lowest BCUT2D eigenvalue weighted by Gasteiger charge is -2.07. The average molecular weight is 363 g/mol. The SMILES string of the molecule is O=C(Nc1ccc(Br)c(F)c1)c1cc(Cl)ccc1Cl. The molecule has 0 radical (unpaired) electrons. The first-order chi connectivity index (χ1) is 8.97. The standard InChI is InChI=1S/C13H7BrCl2FNO/c14-10-3-2-8(6-12(10)17)18-13(19)9-5-7(15)1-4-11(9)16/h1-6H,(H,18,19). The number of nitrogens with one attached hydrogen (secondary N) is 1. The molecule has 1 N–H and O–H groups in total. The van der Waals surface area contributed by atoms with Gasteiger partial charge in [-0.25, -0.2) is 4.39 Å². The number of rotatable bonds is 2. The molecule has 1 amide bonds. The molecule has 2 aromatic carbocycles. The van der Waals surface area contributed by atoms with Crippen LogP contribution >= 0.6 is 39.1 Å². The van der Waals surface area contributed by atoms with Gasteiger partial charge in [0, 0.05) is 10.7 Å². The fraction of sp³-hybridized carbons (Fsp3) is 0. The van der Waals surface area contributed by atoms with Crippen LogP contribution in [0.15, 0.2) is 40.9 Å². The molecule has 19 heavy (non-hydrogen) atoms. The van der Waals surface area contributed by atoms with Gasteiger partial charge in [0.15, 0.2) is 0 Å². The summed E-state index contributed by atoms with van der Waals surface area (Å²) in [5, 5.41) is 3.23. The molecule has 0 bridgehead atoms. The van der Waals surface area contributed by atoms with Crippen molar-refractivity contribution in [2.45, 2.75) is 0 Å². The molecule has 0 unspecified atom stereocenters. The van der Waals surface area contributed by atoms with Gasteiger partial charge in [-0.1, -0.05) is 23.2 Å². The van der Waals surface area contributed by atoms with Crippen LogP contribution in [0.4, 0.5) is 10.1 Å². The summed E-state index contributed by atoms with van der Waals surface area (Å²) in [4.78, 5) is 12.0. The third-order valence-corrected chi connectivity index (χ3v) is 3.56. The first kappa shape index (κ1) is 14.3. The van der Waals surface area contributed by atoms with E-state index in [-0.39, 0.29) is 10.6 Å². The molecule has 0 aromatic heterocycles. The maximum absolute atomic E-state index is 13.3. The van der Waals surface area contributed by atoms with E-state index in [0.717, 1.165) is 0 Å². The summed E-state index contributed by atoms with van der Waals surface area (Å²) in [5.74, 6) is -0.913. The van der Waals surface area contributed by atoms with Gasteiger partial charge in [-0.3, -0.25) is 4.79 Å². The number of carbonyl (C=O) groups excluding carboxylic acids is 1. The summed E-state index contributed by atoms with van der Waals surface area (Å²) >= 11 is 14.8. The number of carbonyl (C=O) groups is 1. The van der Waals surface area contributed by atoms with E-state index in [1.165, 1.54) is 24.3 Å². The van der Waals surface area contributed by atoms with Crippen LogP contribution in [-0.2, 0) is 0 Å². The second-order valence-corrected chi connectivity index (χ2v) is 5.41. The quantitative estimate of drug-likeness (QED) is 0.786. The molecule has 0 atom stereocenters.